The zero-order valence-electron chi connectivity index (χ0n) is 14.3. The van der Waals surface area contributed by atoms with Crippen molar-refractivity contribution in [1.82, 2.24) is 15.1 Å². The molecule has 0 spiro atoms. The highest BCUT2D eigenvalue weighted by Gasteiger charge is 2.10. The van der Waals surface area contributed by atoms with E-state index in [0.29, 0.717) is 19.5 Å². The lowest BCUT2D eigenvalue weighted by Gasteiger charge is -2.10. The van der Waals surface area contributed by atoms with Crippen LogP contribution in [0.1, 0.15) is 35.0 Å². The second kappa shape index (κ2) is 8.29. The van der Waals surface area contributed by atoms with Crippen LogP contribution in [-0.4, -0.2) is 29.3 Å². The van der Waals surface area contributed by atoms with Gasteiger partial charge in [-0.1, -0.05) is 24.6 Å². The number of carbonyl (C=O) groups is 1. The molecule has 1 aromatic heterocycles. The van der Waals surface area contributed by atoms with E-state index >= 15 is 0 Å². The molecule has 1 N–H and O–H groups in total. The van der Waals surface area contributed by atoms with Crippen molar-refractivity contribution in [3.63, 3.8) is 0 Å². The molecule has 6 heteroatoms. The van der Waals surface area contributed by atoms with Crippen LogP contribution in [0, 0.1) is 6.92 Å². The summed E-state index contributed by atoms with van der Waals surface area (Å²) in [6.07, 6.45) is 1.44. The number of aromatic nitrogens is 2. The minimum Gasteiger partial charge on any atom is -0.496 e. The van der Waals surface area contributed by atoms with E-state index < -0.39 is 0 Å². The molecule has 1 aromatic carbocycles. The molecule has 0 radical (unpaired) electrons. The number of amides is 1. The molecule has 0 saturated heterocycles. The van der Waals surface area contributed by atoms with Gasteiger partial charge in [0.2, 0.25) is 0 Å². The summed E-state index contributed by atoms with van der Waals surface area (Å²) in [6, 6.07) is 8.79. The molecule has 0 aliphatic rings. The Labute approximate surface area is 141 Å². The topological polar surface area (TPSA) is 73.2 Å². The maximum Gasteiger partial charge on any atom is 0.271 e. The lowest BCUT2D eigenvalue weighted by Crippen LogP contribution is -2.30. The molecule has 0 unspecified atom stereocenters. The number of aryl methyl sites for hydroxylation is 2. The molecular formula is C18H23N3O3. The lowest BCUT2D eigenvalue weighted by atomic mass is 10.1. The fourth-order valence-corrected chi connectivity index (χ4v) is 2.45. The average molecular weight is 329 g/mol. The first-order valence-corrected chi connectivity index (χ1v) is 8.05. The summed E-state index contributed by atoms with van der Waals surface area (Å²) in [4.78, 5) is 23.8. The van der Waals surface area contributed by atoms with Crippen LogP contribution in [0.15, 0.2) is 35.1 Å². The Morgan fingerprint density at radius 2 is 2.08 bits per heavy atom. The van der Waals surface area contributed by atoms with Crippen molar-refractivity contribution in [2.75, 3.05) is 13.7 Å². The molecule has 2 aromatic rings. The molecule has 2 rings (SSSR count). The minimum atomic E-state index is -0.286. The molecule has 0 saturated carbocycles. The minimum absolute atomic E-state index is 0.196. The Hall–Kier alpha value is -2.63. The van der Waals surface area contributed by atoms with Gasteiger partial charge in [-0.15, -0.1) is 0 Å². The number of carbonyl (C=O) groups excluding carboxylic acids is 1. The first-order valence-electron chi connectivity index (χ1n) is 8.05. The van der Waals surface area contributed by atoms with E-state index in [-0.39, 0.29) is 17.2 Å². The van der Waals surface area contributed by atoms with Crippen molar-refractivity contribution in [2.24, 2.45) is 0 Å². The predicted molar refractivity (Wildman–Crippen MR) is 92.6 cm³/mol. The number of hydrogen-bond acceptors (Lipinski definition) is 4. The molecule has 0 bridgehead atoms. The van der Waals surface area contributed by atoms with Gasteiger partial charge in [-0.25, -0.2) is 4.68 Å². The zero-order chi connectivity index (χ0) is 17.5. The van der Waals surface area contributed by atoms with Crippen LogP contribution in [0.5, 0.6) is 5.75 Å². The largest absolute Gasteiger partial charge is 0.496 e. The van der Waals surface area contributed by atoms with Gasteiger partial charge in [0.25, 0.3) is 11.5 Å². The number of methoxy groups -OCH3 is 1. The van der Waals surface area contributed by atoms with Gasteiger partial charge in [0.1, 0.15) is 11.4 Å². The first kappa shape index (κ1) is 17.7. The van der Waals surface area contributed by atoms with Crippen LogP contribution in [0.25, 0.3) is 0 Å². The van der Waals surface area contributed by atoms with Crippen molar-refractivity contribution in [3.8, 4) is 5.75 Å². The summed E-state index contributed by atoms with van der Waals surface area (Å²) in [5, 5.41) is 6.94. The smallest absolute Gasteiger partial charge is 0.271 e. The Morgan fingerprint density at radius 3 is 2.79 bits per heavy atom. The van der Waals surface area contributed by atoms with Gasteiger partial charge in [-0.05, 0) is 37.5 Å². The third-order valence-corrected chi connectivity index (χ3v) is 3.65. The Morgan fingerprint density at radius 1 is 1.29 bits per heavy atom. The summed E-state index contributed by atoms with van der Waals surface area (Å²) in [5.74, 6) is 0.524. The van der Waals surface area contributed by atoms with E-state index in [1.807, 2.05) is 32.0 Å². The van der Waals surface area contributed by atoms with Gasteiger partial charge in [0.15, 0.2) is 0 Å². The highest BCUT2D eigenvalue weighted by Crippen LogP contribution is 2.19. The number of ether oxygens (including phenoxy) is 1. The van der Waals surface area contributed by atoms with Gasteiger partial charge in [-0.3, -0.25) is 9.59 Å². The second-order valence-electron chi connectivity index (χ2n) is 5.60. The average Bonchev–Trinajstić information content (AvgIpc) is 2.57. The van der Waals surface area contributed by atoms with E-state index in [1.54, 1.807) is 7.11 Å². The third kappa shape index (κ3) is 4.44. The molecule has 128 valence electrons. The molecule has 0 aliphatic heterocycles. The number of hydrogen-bond donors (Lipinski definition) is 1. The van der Waals surface area contributed by atoms with Gasteiger partial charge >= 0.3 is 0 Å². The van der Waals surface area contributed by atoms with Crippen molar-refractivity contribution in [3.05, 3.63) is 57.5 Å². The Kier molecular flexibility index (Phi) is 6.12. The zero-order valence-corrected chi connectivity index (χ0v) is 14.3. The predicted octanol–water partition coefficient (Wildman–Crippen LogP) is 1.94. The summed E-state index contributed by atoms with van der Waals surface area (Å²) in [7, 11) is 1.63. The van der Waals surface area contributed by atoms with E-state index in [1.165, 1.54) is 16.8 Å². The molecule has 1 heterocycles. The highest BCUT2D eigenvalue weighted by molar-refractivity contribution is 5.91. The van der Waals surface area contributed by atoms with E-state index in [9.17, 15) is 9.59 Å². The monoisotopic (exact) mass is 329 g/mol. The molecule has 1 amide bonds. The van der Waals surface area contributed by atoms with Crippen LogP contribution in [0.4, 0.5) is 0 Å². The normalized spacial score (nSPS) is 10.5. The molecule has 24 heavy (non-hydrogen) atoms. The van der Waals surface area contributed by atoms with Crippen LogP contribution >= 0.6 is 0 Å². The van der Waals surface area contributed by atoms with E-state index in [0.717, 1.165) is 23.3 Å². The van der Waals surface area contributed by atoms with Crippen LogP contribution in [0.3, 0.4) is 0 Å². The van der Waals surface area contributed by atoms with E-state index in [4.69, 9.17) is 4.74 Å². The van der Waals surface area contributed by atoms with Crippen molar-refractivity contribution < 1.29 is 9.53 Å². The van der Waals surface area contributed by atoms with Crippen molar-refractivity contribution in [1.29, 1.82) is 0 Å². The molecule has 0 aliphatic carbocycles. The number of benzene rings is 1. The summed E-state index contributed by atoms with van der Waals surface area (Å²) in [5.41, 5.74) is 2.24. The fraction of sp³-hybridized carbons (Fsp3) is 0.389. The number of rotatable bonds is 7. The van der Waals surface area contributed by atoms with Crippen LogP contribution in [0.2, 0.25) is 0 Å². The molecule has 0 atom stereocenters. The summed E-state index contributed by atoms with van der Waals surface area (Å²) < 4.78 is 6.65. The third-order valence-electron chi connectivity index (χ3n) is 3.65. The lowest BCUT2D eigenvalue weighted by molar-refractivity contribution is 0.0946. The van der Waals surface area contributed by atoms with Crippen molar-refractivity contribution >= 4 is 5.91 Å². The maximum absolute atomic E-state index is 12.2. The van der Waals surface area contributed by atoms with Crippen LogP contribution in [-0.2, 0) is 13.0 Å². The number of nitrogens with one attached hydrogen (secondary N) is 1. The second-order valence-corrected chi connectivity index (χ2v) is 5.60. The quantitative estimate of drug-likeness (QED) is 0.842. The molecular weight excluding hydrogens is 306 g/mol. The van der Waals surface area contributed by atoms with Gasteiger partial charge in [0, 0.05) is 19.2 Å². The van der Waals surface area contributed by atoms with Crippen LogP contribution < -0.4 is 15.6 Å². The Bertz CT molecular complexity index is 768. The fourth-order valence-electron chi connectivity index (χ4n) is 2.45. The maximum atomic E-state index is 12.2. The summed E-state index contributed by atoms with van der Waals surface area (Å²) >= 11 is 0. The standard InChI is InChI=1S/C18H23N3O3/c1-4-11-21-17(22)8-6-15(20-21)18(23)19-10-9-14-12-13(2)5-7-16(14)24-3/h5-8,12H,4,9-11H2,1-3H3,(H,19,23). The van der Waals surface area contributed by atoms with Gasteiger partial charge in [-0.2, -0.15) is 5.10 Å². The van der Waals surface area contributed by atoms with Gasteiger partial charge in [0.05, 0.1) is 7.11 Å². The summed E-state index contributed by atoms with van der Waals surface area (Å²) in [6.45, 7) is 4.94. The van der Waals surface area contributed by atoms with Crippen molar-refractivity contribution in [2.45, 2.75) is 33.2 Å². The number of nitrogens with zero attached hydrogens (tertiary/aromatic N) is 2. The Balaban J connectivity index is 2.00. The SMILES string of the molecule is CCCn1nc(C(=O)NCCc2cc(C)ccc2OC)ccc1=O. The molecule has 0 fully saturated rings. The first-order chi connectivity index (χ1) is 11.5. The molecule has 6 nitrogen and oxygen atoms in total. The highest BCUT2D eigenvalue weighted by atomic mass is 16.5. The van der Waals surface area contributed by atoms with Gasteiger partial charge < -0.3 is 10.1 Å². The van der Waals surface area contributed by atoms with E-state index in [2.05, 4.69) is 10.4 Å².